The molecule has 2 aliphatic heterocycles. The van der Waals surface area contributed by atoms with Crippen LogP contribution in [-0.2, 0) is 32.5 Å². The summed E-state index contributed by atoms with van der Waals surface area (Å²) >= 11 is 1.26. The standard InChI is InChI=1S/C25H31N3O6S2/c1-4-34-25(31)22-20-11-13-27(17(3)29)15-21(20)35-24(22)26-23(30)18-7-9-19(10-8-18)36(32,33)28-12-5-6-16(2)14-28/h7-10,16H,4-6,11-15H2,1-3H3,(H,26,30)/t16-/m0/s1. The Bertz CT molecular complexity index is 1270. The SMILES string of the molecule is CCOC(=O)c1c(NC(=O)c2ccc(S(=O)(=O)N3CCC[C@H](C)C3)cc2)sc2c1CCN(C(C)=O)C2. The van der Waals surface area contributed by atoms with Crippen LogP contribution in [0.2, 0.25) is 0 Å². The van der Waals surface area contributed by atoms with E-state index in [1.165, 1.54) is 46.8 Å². The van der Waals surface area contributed by atoms with E-state index >= 15 is 0 Å². The van der Waals surface area contributed by atoms with E-state index in [1.54, 1.807) is 11.8 Å². The molecule has 1 atom stereocenters. The number of ether oxygens (including phenoxy) is 1. The van der Waals surface area contributed by atoms with Crippen LogP contribution in [0.15, 0.2) is 29.2 Å². The van der Waals surface area contributed by atoms with Crippen LogP contribution in [0, 0.1) is 5.92 Å². The van der Waals surface area contributed by atoms with Crippen molar-refractivity contribution in [3.05, 3.63) is 45.8 Å². The van der Waals surface area contributed by atoms with Gasteiger partial charge in [-0.25, -0.2) is 13.2 Å². The third-order valence-corrected chi connectivity index (χ3v) is 9.59. The Balaban J connectivity index is 1.56. The molecule has 0 bridgehead atoms. The Labute approximate surface area is 215 Å². The number of rotatable bonds is 6. The average Bonchev–Trinajstić information content (AvgIpc) is 3.21. The fourth-order valence-electron chi connectivity index (χ4n) is 4.65. The van der Waals surface area contributed by atoms with Crippen molar-refractivity contribution in [2.45, 2.75) is 51.5 Å². The van der Waals surface area contributed by atoms with E-state index < -0.39 is 21.9 Å². The van der Waals surface area contributed by atoms with Gasteiger partial charge in [0, 0.05) is 37.0 Å². The summed E-state index contributed by atoms with van der Waals surface area (Å²) in [5.41, 5.74) is 1.39. The van der Waals surface area contributed by atoms with Gasteiger partial charge in [0.1, 0.15) is 5.00 Å². The van der Waals surface area contributed by atoms with Gasteiger partial charge >= 0.3 is 5.97 Å². The topological polar surface area (TPSA) is 113 Å². The minimum absolute atomic E-state index is 0.0497. The summed E-state index contributed by atoms with van der Waals surface area (Å²) in [6.07, 6.45) is 2.34. The van der Waals surface area contributed by atoms with Gasteiger partial charge in [0.05, 0.1) is 23.6 Å². The molecule has 1 aromatic carbocycles. The van der Waals surface area contributed by atoms with Crippen molar-refractivity contribution in [2.24, 2.45) is 5.92 Å². The van der Waals surface area contributed by atoms with Crippen LogP contribution in [0.5, 0.6) is 0 Å². The van der Waals surface area contributed by atoms with Crippen LogP contribution in [-0.4, -0.2) is 61.6 Å². The summed E-state index contributed by atoms with van der Waals surface area (Å²) in [5.74, 6) is -0.713. The van der Waals surface area contributed by atoms with Crippen LogP contribution in [0.4, 0.5) is 5.00 Å². The fraction of sp³-hybridized carbons (Fsp3) is 0.480. The number of piperidine rings is 1. The van der Waals surface area contributed by atoms with Crippen molar-refractivity contribution in [1.82, 2.24) is 9.21 Å². The van der Waals surface area contributed by atoms with Gasteiger partial charge in [-0.05, 0) is 61.9 Å². The molecule has 0 spiro atoms. The zero-order valence-corrected chi connectivity index (χ0v) is 22.3. The quantitative estimate of drug-likeness (QED) is 0.569. The zero-order chi connectivity index (χ0) is 26.0. The lowest BCUT2D eigenvalue weighted by Gasteiger charge is -2.30. The first-order valence-electron chi connectivity index (χ1n) is 12.1. The number of amides is 2. The molecule has 3 heterocycles. The maximum absolute atomic E-state index is 13.1. The summed E-state index contributed by atoms with van der Waals surface area (Å²) in [4.78, 5) is 40.3. The summed E-state index contributed by atoms with van der Waals surface area (Å²) < 4.78 is 32.8. The van der Waals surface area contributed by atoms with Gasteiger partial charge < -0.3 is 15.0 Å². The van der Waals surface area contributed by atoms with Gasteiger partial charge in [0.2, 0.25) is 15.9 Å². The van der Waals surface area contributed by atoms with Gasteiger partial charge in [0.15, 0.2) is 0 Å². The second-order valence-corrected chi connectivity index (χ2v) is 12.3. The summed E-state index contributed by atoms with van der Waals surface area (Å²) in [6.45, 7) is 7.31. The second kappa shape index (κ2) is 10.7. The first-order valence-corrected chi connectivity index (χ1v) is 14.4. The average molecular weight is 534 g/mol. The molecule has 0 aliphatic carbocycles. The number of nitrogens with zero attached hydrogens (tertiary/aromatic N) is 2. The number of esters is 1. The number of carbonyl (C=O) groups is 3. The van der Waals surface area contributed by atoms with E-state index in [0.717, 1.165) is 23.3 Å². The van der Waals surface area contributed by atoms with Gasteiger partial charge in [-0.2, -0.15) is 4.31 Å². The van der Waals surface area contributed by atoms with E-state index in [9.17, 15) is 22.8 Å². The van der Waals surface area contributed by atoms with E-state index in [2.05, 4.69) is 5.32 Å². The van der Waals surface area contributed by atoms with Crippen molar-refractivity contribution >= 4 is 44.1 Å². The van der Waals surface area contributed by atoms with Crippen LogP contribution >= 0.6 is 11.3 Å². The molecule has 4 rings (SSSR count). The maximum Gasteiger partial charge on any atom is 0.341 e. The molecule has 1 aromatic heterocycles. The number of fused-ring (bicyclic) bond motifs is 1. The second-order valence-electron chi connectivity index (χ2n) is 9.21. The van der Waals surface area contributed by atoms with Crippen molar-refractivity contribution in [2.75, 3.05) is 31.6 Å². The fourth-order valence-corrected chi connectivity index (χ4v) is 7.49. The number of hydrogen-bond acceptors (Lipinski definition) is 7. The molecule has 2 amide bonds. The molecular formula is C25H31N3O6S2. The molecular weight excluding hydrogens is 502 g/mol. The zero-order valence-electron chi connectivity index (χ0n) is 20.7. The minimum Gasteiger partial charge on any atom is -0.462 e. The molecule has 1 saturated heterocycles. The van der Waals surface area contributed by atoms with Gasteiger partial charge in [-0.3, -0.25) is 9.59 Å². The van der Waals surface area contributed by atoms with Crippen molar-refractivity contribution in [1.29, 1.82) is 0 Å². The van der Waals surface area contributed by atoms with Gasteiger partial charge in [-0.1, -0.05) is 6.92 Å². The number of nitrogens with one attached hydrogen (secondary N) is 1. The first kappa shape index (κ1) is 26.3. The van der Waals surface area contributed by atoms with Crippen LogP contribution < -0.4 is 5.32 Å². The monoisotopic (exact) mass is 533 g/mol. The van der Waals surface area contributed by atoms with Crippen LogP contribution in [0.1, 0.15) is 64.8 Å². The molecule has 0 radical (unpaired) electrons. The molecule has 2 aromatic rings. The highest BCUT2D eigenvalue weighted by Crippen LogP contribution is 2.38. The number of hydrogen-bond donors (Lipinski definition) is 1. The predicted octanol–water partition coefficient (Wildman–Crippen LogP) is 3.50. The first-order chi connectivity index (χ1) is 17.1. The highest BCUT2D eigenvalue weighted by atomic mass is 32.2. The Morgan fingerprint density at radius 2 is 1.89 bits per heavy atom. The number of carbonyl (C=O) groups excluding carboxylic acids is 3. The Hall–Kier alpha value is -2.76. The largest absolute Gasteiger partial charge is 0.462 e. The summed E-state index contributed by atoms with van der Waals surface area (Å²) in [7, 11) is -3.62. The lowest BCUT2D eigenvalue weighted by atomic mass is 10.0. The molecule has 9 nitrogen and oxygen atoms in total. The third-order valence-electron chi connectivity index (χ3n) is 6.58. The molecule has 1 N–H and O–H groups in total. The van der Waals surface area contributed by atoms with Crippen molar-refractivity contribution in [3.8, 4) is 0 Å². The van der Waals surface area contributed by atoms with E-state index in [4.69, 9.17) is 4.74 Å². The predicted molar refractivity (Wildman–Crippen MR) is 137 cm³/mol. The van der Waals surface area contributed by atoms with Crippen molar-refractivity contribution in [3.63, 3.8) is 0 Å². The summed E-state index contributed by atoms with van der Waals surface area (Å²) in [5, 5.41) is 3.18. The van der Waals surface area contributed by atoms with E-state index in [-0.39, 0.29) is 23.0 Å². The Morgan fingerprint density at radius 3 is 2.53 bits per heavy atom. The number of anilines is 1. The molecule has 36 heavy (non-hydrogen) atoms. The van der Waals surface area contributed by atoms with Crippen LogP contribution in [0.25, 0.3) is 0 Å². The lowest BCUT2D eigenvalue weighted by Crippen LogP contribution is -2.39. The van der Waals surface area contributed by atoms with E-state index in [1.807, 2.05) is 6.92 Å². The third kappa shape index (κ3) is 5.33. The lowest BCUT2D eigenvalue weighted by molar-refractivity contribution is -0.129. The molecule has 1 fully saturated rings. The maximum atomic E-state index is 13.1. The molecule has 194 valence electrons. The number of benzene rings is 1. The highest BCUT2D eigenvalue weighted by molar-refractivity contribution is 7.89. The number of sulfonamides is 1. The van der Waals surface area contributed by atoms with Crippen molar-refractivity contribution < 1.29 is 27.5 Å². The van der Waals surface area contributed by atoms with Gasteiger partial charge in [0.25, 0.3) is 5.91 Å². The molecule has 0 unspecified atom stereocenters. The summed E-state index contributed by atoms with van der Waals surface area (Å²) in [6, 6.07) is 5.84. The number of thiophene rings is 1. The van der Waals surface area contributed by atoms with Crippen LogP contribution in [0.3, 0.4) is 0 Å². The normalized spacial score (nSPS) is 18.4. The molecule has 0 saturated carbocycles. The van der Waals surface area contributed by atoms with Gasteiger partial charge in [-0.15, -0.1) is 11.3 Å². The molecule has 11 heteroatoms. The smallest absolute Gasteiger partial charge is 0.341 e. The Kier molecular flexibility index (Phi) is 7.82. The molecule has 2 aliphatic rings. The van der Waals surface area contributed by atoms with E-state index in [0.29, 0.717) is 49.1 Å². The highest BCUT2D eigenvalue weighted by Gasteiger charge is 2.31. The Morgan fingerprint density at radius 1 is 1.17 bits per heavy atom. The minimum atomic E-state index is -3.62.